The number of carbonyl (C=O) groups is 1. The van der Waals surface area contributed by atoms with Gasteiger partial charge in [0, 0.05) is 37.6 Å². The molecule has 8 heteroatoms. The molecule has 0 unspecified atom stereocenters. The molecule has 0 fully saturated rings. The van der Waals surface area contributed by atoms with E-state index in [2.05, 4.69) is 20.4 Å². The van der Waals surface area contributed by atoms with Gasteiger partial charge in [-0.25, -0.2) is 9.48 Å². The predicted octanol–water partition coefficient (Wildman–Crippen LogP) is 1.13. The second-order valence-electron chi connectivity index (χ2n) is 6.74. The minimum Gasteiger partial charge on any atom is -0.352 e. The van der Waals surface area contributed by atoms with Crippen molar-refractivity contribution in [3.8, 4) is 0 Å². The van der Waals surface area contributed by atoms with Crippen LogP contribution in [0.15, 0.2) is 53.7 Å². The van der Waals surface area contributed by atoms with Gasteiger partial charge in [-0.15, -0.1) is 0 Å². The van der Waals surface area contributed by atoms with Crippen molar-refractivity contribution in [1.82, 2.24) is 29.6 Å². The lowest BCUT2D eigenvalue weighted by atomic mass is 10.1. The van der Waals surface area contributed by atoms with Crippen LogP contribution < -0.4 is 11.0 Å². The number of benzene rings is 1. The standard InChI is InChI=1S/C20H24N6O2/c1-15(12-18-13-21-9-10-22-18)23-19(27)14-26-20(28)25(16(2)24-26)11-8-17-6-4-3-5-7-17/h3-7,9-10,13,15H,8,11-12,14H2,1-2H3,(H,23,27)/t15-/m0/s1. The summed E-state index contributed by atoms with van der Waals surface area (Å²) < 4.78 is 2.81. The van der Waals surface area contributed by atoms with E-state index in [1.54, 1.807) is 30.1 Å². The van der Waals surface area contributed by atoms with Gasteiger partial charge in [0.25, 0.3) is 0 Å². The highest BCUT2D eigenvalue weighted by molar-refractivity contribution is 5.75. The van der Waals surface area contributed by atoms with E-state index in [-0.39, 0.29) is 24.2 Å². The molecule has 2 heterocycles. The van der Waals surface area contributed by atoms with Crippen molar-refractivity contribution in [2.75, 3.05) is 0 Å². The summed E-state index contributed by atoms with van der Waals surface area (Å²) in [6, 6.07) is 9.83. The van der Waals surface area contributed by atoms with Crippen molar-refractivity contribution in [2.24, 2.45) is 0 Å². The fourth-order valence-corrected chi connectivity index (χ4v) is 3.05. The molecule has 28 heavy (non-hydrogen) atoms. The molecule has 0 aliphatic carbocycles. The van der Waals surface area contributed by atoms with Gasteiger partial charge in [0.1, 0.15) is 12.4 Å². The molecule has 0 saturated heterocycles. The molecule has 0 radical (unpaired) electrons. The molecule has 1 N–H and O–H groups in total. The summed E-state index contributed by atoms with van der Waals surface area (Å²) in [6.45, 7) is 4.08. The van der Waals surface area contributed by atoms with E-state index in [1.165, 1.54) is 4.68 Å². The smallest absolute Gasteiger partial charge is 0.346 e. The van der Waals surface area contributed by atoms with E-state index in [0.717, 1.165) is 17.7 Å². The molecule has 0 saturated carbocycles. The summed E-state index contributed by atoms with van der Waals surface area (Å²) in [5.74, 6) is 0.340. The van der Waals surface area contributed by atoms with Crippen LogP contribution >= 0.6 is 0 Å². The molecule has 146 valence electrons. The van der Waals surface area contributed by atoms with Crippen LogP contribution in [-0.2, 0) is 30.7 Å². The number of nitrogens with zero attached hydrogens (tertiary/aromatic N) is 5. The lowest BCUT2D eigenvalue weighted by molar-refractivity contribution is -0.122. The number of aromatic nitrogens is 5. The summed E-state index contributed by atoms with van der Waals surface area (Å²) in [5, 5.41) is 7.11. The van der Waals surface area contributed by atoms with Crippen LogP contribution in [0.1, 0.15) is 24.0 Å². The van der Waals surface area contributed by atoms with Crippen LogP contribution in [0.4, 0.5) is 0 Å². The zero-order valence-electron chi connectivity index (χ0n) is 16.1. The van der Waals surface area contributed by atoms with Crippen LogP contribution in [0.2, 0.25) is 0 Å². The Kier molecular flexibility index (Phi) is 6.31. The number of amides is 1. The minimum absolute atomic E-state index is 0.108. The normalized spacial score (nSPS) is 11.9. The topological polar surface area (TPSA) is 94.7 Å². The van der Waals surface area contributed by atoms with Crippen molar-refractivity contribution >= 4 is 5.91 Å². The first kappa shape index (κ1) is 19.5. The monoisotopic (exact) mass is 380 g/mol. The Hall–Kier alpha value is -3.29. The second-order valence-corrected chi connectivity index (χ2v) is 6.74. The fraction of sp³-hybridized carbons (Fsp3) is 0.350. The Morgan fingerprint density at radius 1 is 1.21 bits per heavy atom. The summed E-state index contributed by atoms with van der Waals surface area (Å²) in [5.41, 5.74) is 1.68. The molecule has 0 spiro atoms. The van der Waals surface area contributed by atoms with Crippen LogP contribution in [0, 0.1) is 6.92 Å². The predicted molar refractivity (Wildman–Crippen MR) is 105 cm³/mol. The molecule has 8 nitrogen and oxygen atoms in total. The summed E-state index contributed by atoms with van der Waals surface area (Å²) in [6.07, 6.45) is 6.20. The first-order valence-corrected chi connectivity index (χ1v) is 9.25. The average Bonchev–Trinajstić information content (AvgIpc) is 2.94. The summed E-state index contributed by atoms with van der Waals surface area (Å²) >= 11 is 0. The Bertz CT molecular complexity index is 965. The van der Waals surface area contributed by atoms with E-state index in [4.69, 9.17) is 0 Å². The highest BCUT2D eigenvalue weighted by Crippen LogP contribution is 2.02. The molecule has 1 amide bonds. The van der Waals surface area contributed by atoms with Gasteiger partial charge in [-0.05, 0) is 25.8 Å². The van der Waals surface area contributed by atoms with E-state index >= 15 is 0 Å². The molecule has 3 rings (SSSR count). The summed E-state index contributed by atoms with van der Waals surface area (Å²) in [7, 11) is 0. The van der Waals surface area contributed by atoms with Gasteiger partial charge >= 0.3 is 5.69 Å². The maximum Gasteiger partial charge on any atom is 0.346 e. The SMILES string of the molecule is Cc1nn(CC(=O)N[C@@H](C)Cc2cnccn2)c(=O)n1CCc1ccccc1. The van der Waals surface area contributed by atoms with E-state index < -0.39 is 0 Å². The van der Waals surface area contributed by atoms with E-state index in [9.17, 15) is 9.59 Å². The van der Waals surface area contributed by atoms with Crippen LogP contribution in [0.3, 0.4) is 0 Å². The van der Waals surface area contributed by atoms with E-state index in [0.29, 0.717) is 18.8 Å². The van der Waals surface area contributed by atoms with Crippen molar-refractivity contribution < 1.29 is 4.79 Å². The quantitative estimate of drug-likeness (QED) is 0.632. The Labute approximate surface area is 163 Å². The second kappa shape index (κ2) is 9.07. The molecule has 0 aliphatic heterocycles. The number of hydrogen-bond donors (Lipinski definition) is 1. The van der Waals surface area contributed by atoms with Gasteiger partial charge in [-0.3, -0.25) is 19.3 Å². The van der Waals surface area contributed by atoms with Crippen LogP contribution in [0.5, 0.6) is 0 Å². The summed E-state index contributed by atoms with van der Waals surface area (Å²) in [4.78, 5) is 33.1. The average molecular weight is 380 g/mol. The van der Waals surface area contributed by atoms with Crippen molar-refractivity contribution in [2.45, 2.75) is 45.8 Å². The highest BCUT2D eigenvalue weighted by atomic mass is 16.2. The zero-order chi connectivity index (χ0) is 19.9. The number of carbonyl (C=O) groups excluding carboxylic acids is 1. The lowest BCUT2D eigenvalue weighted by Crippen LogP contribution is -2.39. The van der Waals surface area contributed by atoms with Crippen molar-refractivity contribution in [3.05, 3.63) is 76.5 Å². The Morgan fingerprint density at radius 3 is 2.71 bits per heavy atom. The van der Waals surface area contributed by atoms with Crippen molar-refractivity contribution in [1.29, 1.82) is 0 Å². The minimum atomic E-state index is -0.273. The first-order valence-electron chi connectivity index (χ1n) is 9.25. The largest absolute Gasteiger partial charge is 0.352 e. The molecular weight excluding hydrogens is 356 g/mol. The molecular formula is C20H24N6O2. The molecule has 1 aromatic carbocycles. The van der Waals surface area contributed by atoms with Gasteiger partial charge in [0.05, 0.1) is 5.69 Å². The Morgan fingerprint density at radius 2 is 2.00 bits per heavy atom. The Balaban J connectivity index is 1.58. The molecule has 2 aromatic heterocycles. The molecule has 0 aliphatic rings. The van der Waals surface area contributed by atoms with Gasteiger partial charge in [0.15, 0.2) is 0 Å². The molecule has 1 atom stereocenters. The van der Waals surface area contributed by atoms with Gasteiger partial charge in [0.2, 0.25) is 5.91 Å². The number of aryl methyl sites for hydroxylation is 2. The first-order chi connectivity index (χ1) is 13.5. The number of nitrogens with one attached hydrogen (secondary N) is 1. The van der Waals surface area contributed by atoms with Gasteiger partial charge in [-0.2, -0.15) is 5.10 Å². The molecule has 3 aromatic rings. The van der Waals surface area contributed by atoms with Crippen molar-refractivity contribution in [3.63, 3.8) is 0 Å². The third kappa shape index (κ3) is 5.12. The van der Waals surface area contributed by atoms with E-state index in [1.807, 2.05) is 37.3 Å². The highest BCUT2D eigenvalue weighted by Gasteiger charge is 2.15. The van der Waals surface area contributed by atoms with Crippen LogP contribution in [0.25, 0.3) is 0 Å². The lowest BCUT2D eigenvalue weighted by Gasteiger charge is -2.12. The third-order valence-corrected chi connectivity index (χ3v) is 4.41. The fourth-order valence-electron chi connectivity index (χ4n) is 3.05. The van der Waals surface area contributed by atoms with Gasteiger partial charge < -0.3 is 5.32 Å². The maximum absolute atomic E-state index is 12.6. The zero-order valence-corrected chi connectivity index (χ0v) is 16.1. The van der Waals surface area contributed by atoms with Gasteiger partial charge in [-0.1, -0.05) is 30.3 Å². The maximum atomic E-state index is 12.6. The third-order valence-electron chi connectivity index (χ3n) is 4.41. The number of rotatable bonds is 8. The van der Waals surface area contributed by atoms with Crippen LogP contribution in [-0.4, -0.2) is 36.3 Å². The number of hydrogen-bond acceptors (Lipinski definition) is 5. The molecule has 0 bridgehead atoms.